The van der Waals surface area contributed by atoms with E-state index in [1.807, 2.05) is 0 Å². The zero-order chi connectivity index (χ0) is 44.5. The molecule has 0 aliphatic heterocycles. The molecule has 362 valence electrons. The molecular weight excluding hydrogens is 757 g/mol. The van der Waals surface area contributed by atoms with Crippen LogP contribution >= 0.6 is 0 Å². The molecule has 0 aromatic carbocycles. The van der Waals surface area contributed by atoms with Crippen LogP contribution in [0.15, 0.2) is 0 Å². The van der Waals surface area contributed by atoms with Gasteiger partial charge >= 0.3 is 17.9 Å². The Morgan fingerprint density at radius 3 is 0.803 bits per heavy atom. The number of hydrogen-bond acceptors (Lipinski definition) is 6. The van der Waals surface area contributed by atoms with Crippen LogP contribution in [0.25, 0.3) is 0 Å². The van der Waals surface area contributed by atoms with Gasteiger partial charge in [-0.3, -0.25) is 14.4 Å². The molecular formula is C55H106O6. The molecule has 0 fully saturated rings. The molecule has 0 unspecified atom stereocenters. The monoisotopic (exact) mass is 863 g/mol. The van der Waals surface area contributed by atoms with Crippen LogP contribution in [0.2, 0.25) is 0 Å². The lowest BCUT2D eigenvalue weighted by Gasteiger charge is -2.18. The van der Waals surface area contributed by atoms with E-state index in [2.05, 4.69) is 27.7 Å². The van der Waals surface area contributed by atoms with E-state index in [0.29, 0.717) is 19.3 Å². The molecule has 0 bridgehead atoms. The van der Waals surface area contributed by atoms with E-state index in [0.717, 1.165) is 63.7 Å². The molecule has 0 aliphatic rings. The molecule has 0 aromatic rings. The lowest BCUT2D eigenvalue weighted by atomic mass is 10.0. The van der Waals surface area contributed by atoms with Crippen LogP contribution in [0.1, 0.15) is 310 Å². The topological polar surface area (TPSA) is 78.9 Å². The number of rotatable bonds is 50. The zero-order valence-corrected chi connectivity index (χ0v) is 41.6. The summed E-state index contributed by atoms with van der Waals surface area (Å²) in [6, 6.07) is 0. The Morgan fingerprint density at radius 1 is 0.311 bits per heavy atom. The van der Waals surface area contributed by atoms with Crippen LogP contribution in [0.4, 0.5) is 0 Å². The summed E-state index contributed by atoms with van der Waals surface area (Å²) in [7, 11) is 0. The van der Waals surface area contributed by atoms with Gasteiger partial charge in [-0.15, -0.1) is 0 Å². The van der Waals surface area contributed by atoms with E-state index < -0.39 is 6.10 Å². The van der Waals surface area contributed by atoms with Crippen LogP contribution in [-0.4, -0.2) is 37.2 Å². The van der Waals surface area contributed by atoms with Crippen LogP contribution in [0, 0.1) is 5.92 Å². The Bertz CT molecular complexity index is 918. The van der Waals surface area contributed by atoms with Crippen LogP contribution in [-0.2, 0) is 28.6 Å². The highest BCUT2D eigenvalue weighted by molar-refractivity contribution is 5.71. The molecule has 0 amide bonds. The predicted octanol–water partition coefficient (Wildman–Crippen LogP) is 17.8. The van der Waals surface area contributed by atoms with Crippen molar-refractivity contribution in [2.24, 2.45) is 5.92 Å². The minimum absolute atomic E-state index is 0.0622. The van der Waals surface area contributed by atoms with Crippen molar-refractivity contribution in [3.05, 3.63) is 0 Å². The normalized spacial score (nSPS) is 12.0. The van der Waals surface area contributed by atoms with E-state index >= 15 is 0 Å². The first-order chi connectivity index (χ1) is 29.9. The summed E-state index contributed by atoms with van der Waals surface area (Å²) >= 11 is 0. The largest absolute Gasteiger partial charge is 0.462 e. The highest BCUT2D eigenvalue weighted by atomic mass is 16.6. The fourth-order valence-corrected chi connectivity index (χ4v) is 8.39. The van der Waals surface area contributed by atoms with E-state index in [1.54, 1.807) is 0 Å². The fraction of sp³-hybridized carbons (Fsp3) is 0.945. The fourth-order valence-electron chi connectivity index (χ4n) is 8.39. The Kier molecular flexibility index (Phi) is 48.1. The minimum atomic E-state index is -0.760. The van der Waals surface area contributed by atoms with Crippen molar-refractivity contribution in [2.45, 2.75) is 316 Å². The Hall–Kier alpha value is -1.59. The molecule has 0 N–H and O–H groups in total. The highest BCUT2D eigenvalue weighted by Gasteiger charge is 2.19. The second-order valence-electron chi connectivity index (χ2n) is 19.3. The quantitative estimate of drug-likeness (QED) is 0.0344. The molecule has 6 heteroatoms. The van der Waals surface area contributed by atoms with Gasteiger partial charge in [0, 0.05) is 19.3 Å². The van der Waals surface area contributed by atoms with Gasteiger partial charge in [0.2, 0.25) is 0 Å². The summed E-state index contributed by atoms with van der Waals surface area (Å²) in [6.07, 6.45) is 52.3. The Balaban J connectivity index is 4.25. The van der Waals surface area contributed by atoms with Crippen molar-refractivity contribution in [3.8, 4) is 0 Å². The molecule has 0 aromatic heterocycles. The third-order valence-electron chi connectivity index (χ3n) is 12.5. The zero-order valence-electron chi connectivity index (χ0n) is 41.6. The number of carbonyl (C=O) groups excluding carboxylic acids is 3. The predicted molar refractivity (Wildman–Crippen MR) is 261 cm³/mol. The van der Waals surface area contributed by atoms with Gasteiger partial charge in [-0.05, 0) is 25.2 Å². The van der Waals surface area contributed by atoms with Gasteiger partial charge in [-0.1, -0.05) is 272 Å². The maximum Gasteiger partial charge on any atom is 0.306 e. The second kappa shape index (κ2) is 49.4. The average molecular weight is 863 g/mol. The van der Waals surface area contributed by atoms with Gasteiger partial charge in [0.05, 0.1) is 0 Å². The van der Waals surface area contributed by atoms with Gasteiger partial charge in [0.1, 0.15) is 13.2 Å². The first-order valence-electron chi connectivity index (χ1n) is 27.4. The summed E-state index contributed by atoms with van der Waals surface area (Å²) in [5.41, 5.74) is 0. The summed E-state index contributed by atoms with van der Waals surface area (Å²) in [5.74, 6) is 0.00904. The molecule has 6 nitrogen and oxygen atoms in total. The lowest BCUT2D eigenvalue weighted by Crippen LogP contribution is -2.30. The Labute approximate surface area is 380 Å². The van der Waals surface area contributed by atoms with Crippen molar-refractivity contribution in [1.29, 1.82) is 0 Å². The van der Waals surface area contributed by atoms with Crippen molar-refractivity contribution < 1.29 is 28.6 Å². The third kappa shape index (κ3) is 49.3. The Morgan fingerprint density at radius 2 is 0.541 bits per heavy atom. The molecule has 0 heterocycles. The molecule has 61 heavy (non-hydrogen) atoms. The second-order valence-corrected chi connectivity index (χ2v) is 19.3. The lowest BCUT2D eigenvalue weighted by molar-refractivity contribution is -0.167. The molecule has 0 saturated carbocycles. The number of carbonyl (C=O) groups is 3. The first kappa shape index (κ1) is 59.4. The van der Waals surface area contributed by atoms with E-state index in [1.165, 1.54) is 205 Å². The third-order valence-corrected chi connectivity index (χ3v) is 12.5. The van der Waals surface area contributed by atoms with Gasteiger partial charge in [-0.2, -0.15) is 0 Å². The summed E-state index contributed by atoms with van der Waals surface area (Å²) < 4.78 is 16.8. The SMILES string of the molecule is CCCCCCCCCCCCCCCCC(=O)OC[C@H](COC(=O)CCCCCCCCCCCCCCCCCC(C)C)OC(=O)CCCCCCCCCCCCC. The molecule has 0 saturated heterocycles. The van der Waals surface area contributed by atoms with Gasteiger partial charge in [0.25, 0.3) is 0 Å². The molecule has 0 aliphatic carbocycles. The number of esters is 3. The first-order valence-corrected chi connectivity index (χ1v) is 27.4. The number of ether oxygens (including phenoxy) is 3. The van der Waals surface area contributed by atoms with E-state index in [9.17, 15) is 14.4 Å². The van der Waals surface area contributed by atoms with Crippen molar-refractivity contribution in [1.82, 2.24) is 0 Å². The summed E-state index contributed by atoms with van der Waals surface area (Å²) in [6.45, 7) is 9.05. The van der Waals surface area contributed by atoms with E-state index in [-0.39, 0.29) is 31.1 Å². The van der Waals surface area contributed by atoms with Gasteiger partial charge in [0.15, 0.2) is 6.10 Å². The van der Waals surface area contributed by atoms with Crippen LogP contribution < -0.4 is 0 Å². The minimum Gasteiger partial charge on any atom is -0.462 e. The molecule has 0 radical (unpaired) electrons. The summed E-state index contributed by atoms with van der Waals surface area (Å²) in [5, 5.41) is 0. The molecule has 0 spiro atoms. The maximum atomic E-state index is 12.8. The van der Waals surface area contributed by atoms with E-state index in [4.69, 9.17) is 14.2 Å². The average Bonchev–Trinajstić information content (AvgIpc) is 3.24. The van der Waals surface area contributed by atoms with Crippen molar-refractivity contribution in [3.63, 3.8) is 0 Å². The highest BCUT2D eigenvalue weighted by Crippen LogP contribution is 2.17. The standard InChI is InChI=1S/C55H106O6/c1-5-7-9-11-13-15-17-18-23-27-30-34-38-42-46-53(56)59-49-52(61-55(58)48-44-40-36-32-25-16-14-12-10-8-6-2)50-60-54(57)47-43-39-35-31-28-24-21-19-20-22-26-29-33-37-41-45-51(3)4/h51-52H,5-50H2,1-4H3/t52-/m1/s1. The van der Waals surface area contributed by atoms with Crippen molar-refractivity contribution >= 4 is 17.9 Å². The number of unbranched alkanes of at least 4 members (excludes halogenated alkanes) is 37. The maximum absolute atomic E-state index is 12.8. The smallest absolute Gasteiger partial charge is 0.306 e. The molecule has 0 rings (SSSR count). The van der Waals surface area contributed by atoms with Crippen LogP contribution in [0.5, 0.6) is 0 Å². The van der Waals surface area contributed by atoms with Gasteiger partial charge in [-0.25, -0.2) is 0 Å². The van der Waals surface area contributed by atoms with Gasteiger partial charge < -0.3 is 14.2 Å². The number of hydrogen-bond donors (Lipinski definition) is 0. The van der Waals surface area contributed by atoms with Crippen molar-refractivity contribution in [2.75, 3.05) is 13.2 Å². The molecule has 1 atom stereocenters. The summed E-state index contributed by atoms with van der Waals surface area (Å²) in [4.78, 5) is 38.0. The van der Waals surface area contributed by atoms with Crippen LogP contribution in [0.3, 0.4) is 0 Å².